The van der Waals surface area contributed by atoms with Gasteiger partial charge in [-0.15, -0.1) is 0 Å². The summed E-state index contributed by atoms with van der Waals surface area (Å²) in [5.41, 5.74) is 0.00362. The molecule has 1 fully saturated rings. The lowest BCUT2D eigenvalue weighted by molar-refractivity contribution is -0.134. The summed E-state index contributed by atoms with van der Waals surface area (Å²) in [7, 11) is 3.43. The number of rotatable bonds is 3. The van der Waals surface area contributed by atoms with E-state index < -0.39 is 11.7 Å². The number of ether oxygens (including phenoxy) is 1. The zero-order chi connectivity index (χ0) is 21.3. The number of anilines is 1. The minimum Gasteiger partial charge on any atom is -0.444 e. The molecule has 0 aromatic carbocycles. The third-order valence-corrected chi connectivity index (χ3v) is 4.79. The molecule has 2 amide bonds. The van der Waals surface area contributed by atoms with E-state index in [4.69, 9.17) is 16.3 Å². The summed E-state index contributed by atoms with van der Waals surface area (Å²) in [4.78, 5) is 39.9. The van der Waals surface area contributed by atoms with Gasteiger partial charge in [0.2, 0.25) is 11.2 Å². The molecule has 3 rings (SSSR count). The fourth-order valence-corrected chi connectivity index (χ4v) is 3.61. The third kappa shape index (κ3) is 5.09. The molecule has 1 aliphatic rings. The van der Waals surface area contributed by atoms with Crippen LogP contribution in [0.15, 0.2) is 12.3 Å². The zero-order valence-electron chi connectivity index (χ0n) is 17.3. The number of halogens is 1. The lowest BCUT2D eigenvalue weighted by Gasteiger charge is -2.39. The Labute approximate surface area is 174 Å². The SMILES string of the molecule is CN(C)C(=O)[C@H]1C[C@@H](Nc2nc(Cl)nc3[nH]ccc23)CN(C(=O)OC(C)(C)C)C1. The van der Waals surface area contributed by atoms with E-state index >= 15 is 0 Å². The van der Waals surface area contributed by atoms with E-state index in [1.54, 1.807) is 30.1 Å². The molecule has 9 nitrogen and oxygen atoms in total. The molecule has 0 unspecified atom stereocenters. The van der Waals surface area contributed by atoms with Crippen molar-refractivity contribution in [3.05, 3.63) is 17.5 Å². The van der Waals surface area contributed by atoms with Gasteiger partial charge in [0, 0.05) is 39.4 Å². The molecule has 0 radical (unpaired) electrons. The Balaban J connectivity index is 1.85. The van der Waals surface area contributed by atoms with Gasteiger partial charge < -0.3 is 24.8 Å². The first-order chi connectivity index (χ1) is 13.5. The molecule has 1 saturated heterocycles. The van der Waals surface area contributed by atoms with Crippen molar-refractivity contribution in [2.75, 3.05) is 32.5 Å². The van der Waals surface area contributed by atoms with E-state index in [0.717, 1.165) is 5.39 Å². The van der Waals surface area contributed by atoms with Gasteiger partial charge in [-0.25, -0.2) is 9.78 Å². The van der Waals surface area contributed by atoms with Crippen molar-refractivity contribution in [2.24, 2.45) is 5.92 Å². The predicted octanol–water partition coefficient (Wildman–Crippen LogP) is 2.74. The number of carbonyl (C=O) groups is 2. The van der Waals surface area contributed by atoms with Crippen LogP contribution < -0.4 is 5.32 Å². The van der Waals surface area contributed by atoms with Gasteiger partial charge >= 0.3 is 6.09 Å². The van der Waals surface area contributed by atoms with Crippen molar-refractivity contribution < 1.29 is 14.3 Å². The average molecular weight is 423 g/mol. The smallest absolute Gasteiger partial charge is 0.410 e. The minimum absolute atomic E-state index is 0.0300. The van der Waals surface area contributed by atoms with Gasteiger partial charge in [0.1, 0.15) is 17.1 Å². The highest BCUT2D eigenvalue weighted by molar-refractivity contribution is 6.28. The second kappa shape index (κ2) is 8.06. The normalized spacial score (nSPS) is 19.9. The van der Waals surface area contributed by atoms with Crippen LogP contribution in [0.4, 0.5) is 10.6 Å². The van der Waals surface area contributed by atoms with Crippen LogP contribution in [0.5, 0.6) is 0 Å². The summed E-state index contributed by atoms with van der Waals surface area (Å²) in [5.74, 6) is 0.189. The molecule has 2 N–H and O–H groups in total. The maximum Gasteiger partial charge on any atom is 0.410 e. The number of piperidine rings is 1. The molecule has 0 bridgehead atoms. The average Bonchev–Trinajstić information content (AvgIpc) is 3.07. The van der Waals surface area contributed by atoms with Crippen LogP contribution in [-0.4, -0.2) is 75.6 Å². The first-order valence-corrected chi connectivity index (χ1v) is 9.87. The highest BCUT2D eigenvalue weighted by atomic mass is 35.5. The molecule has 29 heavy (non-hydrogen) atoms. The molecule has 2 aromatic heterocycles. The summed E-state index contributed by atoms with van der Waals surface area (Å²) in [6.07, 6.45) is 1.88. The van der Waals surface area contributed by atoms with Crippen LogP contribution in [0.25, 0.3) is 11.0 Å². The van der Waals surface area contributed by atoms with Gasteiger partial charge in [-0.3, -0.25) is 4.79 Å². The topological polar surface area (TPSA) is 103 Å². The summed E-state index contributed by atoms with van der Waals surface area (Å²) < 4.78 is 5.52. The first kappa shape index (κ1) is 21.2. The van der Waals surface area contributed by atoms with E-state index in [1.165, 1.54) is 0 Å². The molecule has 10 heteroatoms. The fourth-order valence-electron chi connectivity index (χ4n) is 3.44. The van der Waals surface area contributed by atoms with E-state index in [0.29, 0.717) is 31.0 Å². The quantitative estimate of drug-likeness (QED) is 0.737. The molecule has 2 atom stereocenters. The summed E-state index contributed by atoms with van der Waals surface area (Å²) >= 11 is 6.04. The number of hydrogen-bond acceptors (Lipinski definition) is 6. The molecule has 3 heterocycles. The standard InChI is InChI=1S/C19H27ClN6O3/c1-19(2,3)29-18(28)26-9-11(16(27)25(4)5)8-12(10-26)22-15-13-6-7-21-14(13)23-17(20)24-15/h6-7,11-12H,8-10H2,1-5H3,(H2,21,22,23,24)/t11-,12+/m0/s1. The van der Waals surface area contributed by atoms with Crippen molar-refractivity contribution >= 4 is 40.5 Å². The number of aromatic amines is 1. The van der Waals surface area contributed by atoms with E-state index in [2.05, 4.69) is 20.3 Å². The molecule has 0 spiro atoms. The fraction of sp³-hybridized carbons (Fsp3) is 0.579. The maximum absolute atomic E-state index is 12.7. The molecule has 0 aliphatic carbocycles. The Bertz CT molecular complexity index is 907. The highest BCUT2D eigenvalue weighted by Crippen LogP contribution is 2.26. The van der Waals surface area contributed by atoms with E-state index in [-0.39, 0.29) is 23.2 Å². The predicted molar refractivity (Wildman–Crippen MR) is 111 cm³/mol. The zero-order valence-corrected chi connectivity index (χ0v) is 18.1. The van der Waals surface area contributed by atoms with Crippen LogP contribution in [0, 0.1) is 5.92 Å². The molecule has 1 aliphatic heterocycles. The number of nitrogens with zero attached hydrogens (tertiary/aromatic N) is 4. The highest BCUT2D eigenvalue weighted by Gasteiger charge is 2.36. The lowest BCUT2D eigenvalue weighted by Crippen LogP contribution is -2.53. The molecular formula is C19H27ClN6O3. The Morgan fingerprint density at radius 2 is 2.03 bits per heavy atom. The Kier molecular flexibility index (Phi) is 5.88. The number of fused-ring (bicyclic) bond motifs is 1. The lowest BCUT2D eigenvalue weighted by atomic mass is 9.93. The Morgan fingerprint density at radius 1 is 1.31 bits per heavy atom. The van der Waals surface area contributed by atoms with Crippen LogP contribution >= 0.6 is 11.6 Å². The van der Waals surface area contributed by atoms with Gasteiger partial charge in [0.05, 0.1) is 11.3 Å². The van der Waals surface area contributed by atoms with Crippen LogP contribution in [0.3, 0.4) is 0 Å². The van der Waals surface area contributed by atoms with Crippen molar-refractivity contribution in [3.63, 3.8) is 0 Å². The van der Waals surface area contributed by atoms with Crippen LogP contribution in [0.2, 0.25) is 5.28 Å². The minimum atomic E-state index is -0.615. The van der Waals surface area contributed by atoms with Crippen LogP contribution in [0.1, 0.15) is 27.2 Å². The van der Waals surface area contributed by atoms with E-state index in [9.17, 15) is 9.59 Å². The number of likely N-dealkylation sites (tertiary alicyclic amines) is 1. The first-order valence-electron chi connectivity index (χ1n) is 9.50. The van der Waals surface area contributed by atoms with Gasteiger partial charge in [-0.2, -0.15) is 4.98 Å². The molecular weight excluding hydrogens is 396 g/mol. The number of nitrogens with one attached hydrogen (secondary N) is 2. The summed E-state index contributed by atoms with van der Waals surface area (Å²) in [6, 6.07) is 1.65. The van der Waals surface area contributed by atoms with Gasteiger partial charge in [-0.05, 0) is 44.9 Å². The second-order valence-electron chi connectivity index (χ2n) is 8.47. The van der Waals surface area contributed by atoms with Crippen molar-refractivity contribution in [2.45, 2.75) is 38.8 Å². The summed E-state index contributed by atoms with van der Waals surface area (Å²) in [6.45, 7) is 6.16. The van der Waals surface area contributed by atoms with Gasteiger partial charge in [-0.1, -0.05) is 0 Å². The molecule has 158 valence electrons. The van der Waals surface area contributed by atoms with Gasteiger partial charge in [0.25, 0.3) is 0 Å². The molecule has 2 aromatic rings. The molecule has 0 saturated carbocycles. The Morgan fingerprint density at radius 3 is 2.69 bits per heavy atom. The second-order valence-corrected chi connectivity index (χ2v) is 8.81. The maximum atomic E-state index is 12.7. The van der Waals surface area contributed by atoms with E-state index in [1.807, 2.05) is 26.8 Å². The largest absolute Gasteiger partial charge is 0.444 e. The van der Waals surface area contributed by atoms with Crippen molar-refractivity contribution in [1.82, 2.24) is 24.8 Å². The monoisotopic (exact) mass is 422 g/mol. The van der Waals surface area contributed by atoms with Crippen molar-refractivity contribution in [3.8, 4) is 0 Å². The third-order valence-electron chi connectivity index (χ3n) is 4.62. The van der Waals surface area contributed by atoms with Crippen molar-refractivity contribution in [1.29, 1.82) is 0 Å². The number of H-pyrrole nitrogens is 1. The number of aromatic nitrogens is 3. The number of hydrogen-bond donors (Lipinski definition) is 2. The number of amides is 2. The number of carbonyl (C=O) groups excluding carboxylic acids is 2. The van der Waals surface area contributed by atoms with Gasteiger partial charge in [0.15, 0.2) is 0 Å². The van der Waals surface area contributed by atoms with Crippen LogP contribution in [-0.2, 0) is 9.53 Å². The Hall–Kier alpha value is -2.55. The summed E-state index contributed by atoms with van der Waals surface area (Å²) in [5, 5.41) is 4.25.